The summed E-state index contributed by atoms with van der Waals surface area (Å²) in [4.78, 5) is 41.1. The molecule has 152 valence electrons. The third kappa shape index (κ3) is 4.04. The van der Waals surface area contributed by atoms with Crippen molar-refractivity contribution in [3.8, 4) is 0 Å². The average Bonchev–Trinajstić information content (AvgIpc) is 2.98. The zero-order chi connectivity index (χ0) is 19.7. The van der Waals surface area contributed by atoms with E-state index in [2.05, 4.69) is 5.32 Å². The number of hydrogen-bond acceptors (Lipinski definition) is 4. The molecule has 0 aliphatic carbocycles. The van der Waals surface area contributed by atoms with E-state index in [4.69, 9.17) is 0 Å². The molecule has 2 aromatic rings. The monoisotopic (exact) mass is 413 g/mol. The molecule has 2 heterocycles. The van der Waals surface area contributed by atoms with Gasteiger partial charge in [-0.25, -0.2) is 0 Å². The van der Waals surface area contributed by atoms with Crippen LogP contribution >= 0.6 is 12.4 Å². The van der Waals surface area contributed by atoms with E-state index in [0.29, 0.717) is 16.7 Å². The fourth-order valence-corrected chi connectivity index (χ4v) is 3.93. The highest BCUT2D eigenvalue weighted by Crippen LogP contribution is 2.24. The van der Waals surface area contributed by atoms with Gasteiger partial charge in [0, 0.05) is 18.7 Å². The Hall–Kier alpha value is -2.70. The Morgan fingerprint density at radius 2 is 1.66 bits per heavy atom. The molecule has 0 spiro atoms. The zero-order valence-electron chi connectivity index (χ0n) is 16.3. The highest BCUT2D eigenvalue weighted by atomic mass is 35.5. The fourth-order valence-electron chi connectivity index (χ4n) is 3.93. The highest BCUT2D eigenvalue weighted by molar-refractivity contribution is 6.21. The van der Waals surface area contributed by atoms with E-state index in [-0.39, 0.29) is 42.7 Å². The summed E-state index contributed by atoms with van der Waals surface area (Å²) in [5, 5.41) is 3.31. The van der Waals surface area contributed by atoms with Gasteiger partial charge in [-0.1, -0.05) is 24.3 Å². The lowest BCUT2D eigenvalue weighted by molar-refractivity contribution is 0.0642. The van der Waals surface area contributed by atoms with E-state index in [0.717, 1.165) is 31.5 Å². The first-order chi connectivity index (χ1) is 13.6. The molecule has 3 amide bonds. The summed E-state index contributed by atoms with van der Waals surface area (Å²) in [6, 6.07) is 14.3. The molecule has 2 aliphatic heterocycles. The van der Waals surface area contributed by atoms with Crippen LogP contribution in [0.2, 0.25) is 0 Å². The maximum atomic E-state index is 12.9. The molecule has 0 unspecified atom stereocenters. The number of hydrogen-bond donors (Lipinski definition) is 1. The molecule has 0 atom stereocenters. The van der Waals surface area contributed by atoms with Crippen molar-refractivity contribution in [2.24, 2.45) is 0 Å². The number of halogens is 1. The molecule has 0 saturated carbocycles. The molecule has 1 fully saturated rings. The van der Waals surface area contributed by atoms with Gasteiger partial charge in [-0.15, -0.1) is 12.4 Å². The molecule has 6 nitrogen and oxygen atoms in total. The number of nitrogens with zero attached hydrogens (tertiary/aromatic N) is 2. The summed E-state index contributed by atoms with van der Waals surface area (Å²) in [7, 11) is 1.84. The first kappa shape index (κ1) is 21.0. The van der Waals surface area contributed by atoms with E-state index in [1.165, 1.54) is 4.90 Å². The second-order valence-corrected chi connectivity index (χ2v) is 7.34. The Kier molecular flexibility index (Phi) is 6.35. The lowest BCUT2D eigenvalue weighted by atomic mass is 10.0. The second-order valence-electron chi connectivity index (χ2n) is 7.34. The Morgan fingerprint density at radius 1 is 1.03 bits per heavy atom. The summed E-state index contributed by atoms with van der Waals surface area (Å²) < 4.78 is 0. The Labute approximate surface area is 176 Å². The SMILES string of the molecule is CN(C(=O)c1cccc(CN2C(=O)c3ccccc3C2=O)c1)C1CCNCC1.Cl. The minimum absolute atomic E-state index is 0. The summed E-state index contributed by atoms with van der Waals surface area (Å²) in [6.07, 6.45) is 1.88. The highest BCUT2D eigenvalue weighted by Gasteiger charge is 2.35. The molecule has 4 rings (SSSR count). The normalized spacial score (nSPS) is 16.4. The van der Waals surface area contributed by atoms with Crippen LogP contribution in [0.15, 0.2) is 48.5 Å². The van der Waals surface area contributed by atoms with Crippen molar-refractivity contribution in [1.82, 2.24) is 15.1 Å². The van der Waals surface area contributed by atoms with Crippen LogP contribution in [0.25, 0.3) is 0 Å². The average molecular weight is 414 g/mol. The topological polar surface area (TPSA) is 69.7 Å². The lowest BCUT2D eigenvalue weighted by Crippen LogP contribution is -2.44. The summed E-state index contributed by atoms with van der Waals surface area (Å²) in [6.45, 7) is 1.99. The second kappa shape index (κ2) is 8.76. The molecule has 29 heavy (non-hydrogen) atoms. The molecule has 1 saturated heterocycles. The molecule has 2 aromatic carbocycles. The van der Waals surface area contributed by atoms with Crippen molar-refractivity contribution in [1.29, 1.82) is 0 Å². The van der Waals surface area contributed by atoms with Gasteiger partial charge in [-0.05, 0) is 55.8 Å². The predicted molar refractivity (Wildman–Crippen MR) is 112 cm³/mol. The van der Waals surface area contributed by atoms with Crippen LogP contribution in [0.4, 0.5) is 0 Å². The Bertz CT molecular complexity index is 905. The van der Waals surface area contributed by atoms with Gasteiger partial charge < -0.3 is 10.2 Å². The maximum absolute atomic E-state index is 12.9. The first-order valence-electron chi connectivity index (χ1n) is 9.58. The number of benzene rings is 2. The van der Waals surface area contributed by atoms with Crippen molar-refractivity contribution < 1.29 is 14.4 Å². The van der Waals surface area contributed by atoms with Crippen LogP contribution < -0.4 is 5.32 Å². The largest absolute Gasteiger partial charge is 0.339 e. The maximum Gasteiger partial charge on any atom is 0.261 e. The van der Waals surface area contributed by atoms with Gasteiger partial charge >= 0.3 is 0 Å². The van der Waals surface area contributed by atoms with Gasteiger partial charge in [0.05, 0.1) is 17.7 Å². The van der Waals surface area contributed by atoms with Gasteiger partial charge in [0.25, 0.3) is 17.7 Å². The van der Waals surface area contributed by atoms with E-state index >= 15 is 0 Å². The lowest BCUT2D eigenvalue weighted by Gasteiger charge is -2.31. The smallest absolute Gasteiger partial charge is 0.261 e. The molecule has 7 heteroatoms. The third-order valence-electron chi connectivity index (χ3n) is 5.57. The van der Waals surface area contributed by atoms with Gasteiger partial charge in [-0.3, -0.25) is 19.3 Å². The van der Waals surface area contributed by atoms with Crippen molar-refractivity contribution >= 4 is 30.1 Å². The van der Waals surface area contributed by atoms with E-state index < -0.39 is 0 Å². The van der Waals surface area contributed by atoms with Crippen LogP contribution in [0.1, 0.15) is 49.5 Å². The molecular formula is C22H24ClN3O3. The zero-order valence-corrected chi connectivity index (χ0v) is 17.1. The Morgan fingerprint density at radius 3 is 2.28 bits per heavy atom. The number of amides is 3. The van der Waals surface area contributed by atoms with Crippen LogP contribution in [-0.4, -0.2) is 53.7 Å². The minimum atomic E-state index is -0.288. The molecule has 1 N–H and O–H groups in total. The summed E-state index contributed by atoms with van der Waals surface area (Å²) in [5.41, 5.74) is 2.21. The third-order valence-corrected chi connectivity index (χ3v) is 5.57. The first-order valence-corrected chi connectivity index (χ1v) is 9.58. The quantitative estimate of drug-likeness (QED) is 0.782. The van der Waals surface area contributed by atoms with Gasteiger partial charge in [0.1, 0.15) is 0 Å². The standard InChI is InChI=1S/C22H23N3O3.ClH/c1-24(17-9-11-23-12-10-17)20(26)16-6-4-5-15(13-16)14-25-21(27)18-7-2-3-8-19(18)22(25)28;/h2-8,13,17,23H,9-12,14H2,1H3;1H. The summed E-state index contributed by atoms with van der Waals surface area (Å²) in [5.74, 6) is -0.607. The van der Waals surface area contributed by atoms with E-state index in [1.807, 2.05) is 18.0 Å². The van der Waals surface area contributed by atoms with Crippen molar-refractivity contribution in [2.45, 2.75) is 25.4 Å². The van der Waals surface area contributed by atoms with Crippen LogP contribution in [-0.2, 0) is 6.54 Å². The fraction of sp³-hybridized carbons (Fsp3) is 0.318. The van der Waals surface area contributed by atoms with Crippen molar-refractivity contribution in [2.75, 3.05) is 20.1 Å². The molecule has 0 aromatic heterocycles. The van der Waals surface area contributed by atoms with Gasteiger partial charge in [0.2, 0.25) is 0 Å². The van der Waals surface area contributed by atoms with E-state index in [9.17, 15) is 14.4 Å². The van der Waals surface area contributed by atoms with E-state index in [1.54, 1.807) is 42.5 Å². The number of imide groups is 1. The predicted octanol–water partition coefficient (Wildman–Crippen LogP) is 2.73. The number of nitrogens with one attached hydrogen (secondary N) is 1. The molecule has 0 radical (unpaired) electrons. The summed E-state index contributed by atoms with van der Waals surface area (Å²) >= 11 is 0. The van der Waals surface area contributed by atoms with Crippen molar-refractivity contribution in [3.05, 3.63) is 70.8 Å². The number of fused-ring (bicyclic) bond motifs is 1. The Balaban J connectivity index is 0.00000240. The molecular weight excluding hydrogens is 390 g/mol. The number of carbonyl (C=O) groups excluding carboxylic acids is 3. The van der Waals surface area contributed by atoms with Gasteiger partial charge in [-0.2, -0.15) is 0 Å². The van der Waals surface area contributed by atoms with Crippen LogP contribution in [0.3, 0.4) is 0 Å². The minimum Gasteiger partial charge on any atom is -0.339 e. The van der Waals surface area contributed by atoms with Crippen LogP contribution in [0.5, 0.6) is 0 Å². The van der Waals surface area contributed by atoms with Crippen molar-refractivity contribution in [3.63, 3.8) is 0 Å². The molecule has 2 aliphatic rings. The molecule has 0 bridgehead atoms. The van der Waals surface area contributed by atoms with Gasteiger partial charge in [0.15, 0.2) is 0 Å². The van der Waals surface area contributed by atoms with Crippen LogP contribution in [0, 0.1) is 0 Å². The number of carbonyl (C=O) groups is 3. The number of piperidine rings is 1. The number of rotatable bonds is 4.